The summed E-state index contributed by atoms with van der Waals surface area (Å²) in [5, 5.41) is 7.92. The highest BCUT2D eigenvalue weighted by Gasteiger charge is 2.24. The average molecular weight is 296 g/mol. The van der Waals surface area contributed by atoms with E-state index in [1.165, 1.54) is 0 Å². The quantitative estimate of drug-likeness (QED) is 0.855. The fraction of sp³-hybridized carbons (Fsp3) is 0.455. The number of hydrogen-bond donors (Lipinski definition) is 1. The van der Waals surface area contributed by atoms with E-state index in [-0.39, 0.29) is 6.04 Å². The molecular formula is C11H14BrN5. The second-order valence-corrected chi connectivity index (χ2v) is 5.24. The van der Waals surface area contributed by atoms with Gasteiger partial charge in [-0.15, -0.1) is 5.10 Å². The van der Waals surface area contributed by atoms with E-state index in [1.54, 1.807) is 0 Å². The topological polar surface area (TPSA) is 45.5 Å². The number of aromatic nitrogens is 3. The van der Waals surface area contributed by atoms with Gasteiger partial charge in [0, 0.05) is 30.3 Å². The summed E-state index contributed by atoms with van der Waals surface area (Å²) in [4.78, 5) is 6.87. The van der Waals surface area contributed by atoms with Gasteiger partial charge >= 0.3 is 0 Å². The molecule has 1 aliphatic heterocycles. The summed E-state index contributed by atoms with van der Waals surface area (Å²) >= 11 is 3.44. The lowest BCUT2D eigenvalue weighted by Crippen LogP contribution is -2.44. The Labute approximate surface area is 108 Å². The van der Waals surface area contributed by atoms with Crippen LogP contribution < -0.4 is 5.32 Å². The fourth-order valence-electron chi connectivity index (χ4n) is 2.11. The molecule has 6 heteroatoms. The number of rotatable bonds is 1. The monoisotopic (exact) mass is 295 g/mol. The molecule has 1 unspecified atom stereocenters. The SMILES string of the molecule is CN1CCNCC1c1nc2ccc(Br)cn2n1. The van der Waals surface area contributed by atoms with Crippen LogP contribution in [0.15, 0.2) is 22.8 Å². The van der Waals surface area contributed by atoms with Gasteiger partial charge in [-0.25, -0.2) is 9.50 Å². The first-order valence-corrected chi connectivity index (χ1v) is 6.46. The molecule has 5 nitrogen and oxygen atoms in total. The predicted octanol–water partition coefficient (Wildman–Crippen LogP) is 1.07. The van der Waals surface area contributed by atoms with Crippen LogP contribution in [0.3, 0.4) is 0 Å². The van der Waals surface area contributed by atoms with Crippen molar-refractivity contribution in [3.8, 4) is 0 Å². The van der Waals surface area contributed by atoms with Crippen LogP contribution in [0, 0.1) is 0 Å². The number of fused-ring (bicyclic) bond motifs is 1. The van der Waals surface area contributed by atoms with Gasteiger partial charge in [0.2, 0.25) is 0 Å². The van der Waals surface area contributed by atoms with Crippen molar-refractivity contribution in [1.29, 1.82) is 0 Å². The Kier molecular flexibility index (Phi) is 2.85. The van der Waals surface area contributed by atoms with Gasteiger partial charge in [-0.05, 0) is 35.1 Å². The number of nitrogens with one attached hydrogen (secondary N) is 1. The van der Waals surface area contributed by atoms with Crippen LogP contribution in [0.4, 0.5) is 0 Å². The van der Waals surface area contributed by atoms with E-state index >= 15 is 0 Å². The molecule has 0 amide bonds. The summed E-state index contributed by atoms with van der Waals surface area (Å²) in [5.41, 5.74) is 0.891. The number of piperazine rings is 1. The Hall–Kier alpha value is -0.980. The van der Waals surface area contributed by atoms with Gasteiger partial charge in [0.15, 0.2) is 11.5 Å². The maximum Gasteiger partial charge on any atom is 0.170 e. The second kappa shape index (κ2) is 4.36. The number of pyridine rings is 1. The number of likely N-dealkylation sites (N-methyl/N-ethyl adjacent to an activating group) is 1. The van der Waals surface area contributed by atoms with Crippen LogP contribution in [0.2, 0.25) is 0 Å². The van der Waals surface area contributed by atoms with E-state index in [4.69, 9.17) is 0 Å². The lowest BCUT2D eigenvalue weighted by Gasteiger charge is -2.30. The van der Waals surface area contributed by atoms with Gasteiger partial charge in [0.1, 0.15) is 0 Å². The van der Waals surface area contributed by atoms with E-state index < -0.39 is 0 Å². The van der Waals surface area contributed by atoms with Crippen LogP contribution in [0.1, 0.15) is 11.9 Å². The van der Waals surface area contributed by atoms with E-state index in [9.17, 15) is 0 Å². The minimum Gasteiger partial charge on any atom is -0.313 e. The molecule has 0 aromatic carbocycles. The minimum absolute atomic E-state index is 0.266. The van der Waals surface area contributed by atoms with Gasteiger partial charge in [0.25, 0.3) is 0 Å². The summed E-state index contributed by atoms with van der Waals surface area (Å²) in [6.07, 6.45) is 1.93. The van der Waals surface area contributed by atoms with Crippen molar-refractivity contribution in [1.82, 2.24) is 24.8 Å². The first-order valence-electron chi connectivity index (χ1n) is 5.67. The Morgan fingerprint density at radius 2 is 2.35 bits per heavy atom. The van der Waals surface area contributed by atoms with Crippen LogP contribution in [0.5, 0.6) is 0 Å². The third kappa shape index (κ3) is 2.08. The van der Waals surface area contributed by atoms with E-state index in [2.05, 4.69) is 43.3 Å². The molecule has 1 aliphatic rings. The average Bonchev–Trinajstić information content (AvgIpc) is 2.72. The Bertz CT molecular complexity index is 538. The molecule has 0 bridgehead atoms. The first-order chi connectivity index (χ1) is 8.24. The zero-order valence-corrected chi connectivity index (χ0v) is 11.2. The van der Waals surface area contributed by atoms with Crippen molar-refractivity contribution >= 4 is 21.6 Å². The molecule has 1 N–H and O–H groups in total. The van der Waals surface area contributed by atoms with E-state index in [0.717, 1.165) is 35.6 Å². The highest BCUT2D eigenvalue weighted by molar-refractivity contribution is 9.10. The molecule has 1 atom stereocenters. The lowest BCUT2D eigenvalue weighted by molar-refractivity contribution is 0.194. The molecule has 2 aromatic rings. The molecule has 1 saturated heterocycles. The molecule has 90 valence electrons. The standard InChI is InChI=1S/C11H14BrN5/c1-16-5-4-13-6-9(16)11-14-10-3-2-8(12)7-17(10)15-11/h2-3,7,9,13H,4-6H2,1H3. The Morgan fingerprint density at radius 1 is 1.47 bits per heavy atom. The van der Waals surface area contributed by atoms with Gasteiger partial charge in [-0.2, -0.15) is 0 Å². The van der Waals surface area contributed by atoms with Crippen molar-refractivity contribution in [3.05, 3.63) is 28.6 Å². The summed E-state index contributed by atoms with van der Waals surface area (Å²) < 4.78 is 2.83. The highest BCUT2D eigenvalue weighted by Crippen LogP contribution is 2.19. The third-order valence-corrected chi connectivity index (χ3v) is 3.59. The summed E-state index contributed by atoms with van der Waals surface area (Å²) in [5.74, 6) is 0.887. The van der Waals surface area contributed by atoms with Crippen molar-refractivity contribution < 1.29 is 0 Å². The van der Waals surface area contributed by atoms with E-state index in [1.807, 2.05) is 22.8 Å². The van der Waals surface area contributed by atoms with E-state index in [0.29, 0.717) is 0 Å². The summed E-state index contributed by atoms with van der Waals surface area (Å²) in [6.45, 7) is 2.98. The molecule has 17 heavy (non-hydrogen) atoms. The molecular weight excluding hydrogens is 282 g/mol. The molecule has 3 heterocycles. The zero-order chi connectivity index (χ0) is 11.8. The van der Waals surface area contributed by atoms with Crippen molar-refractivity contribution in [2.24, 2.45) is 0 Å². The molecule has 0 saturated carbocycles. The van der Waals surface area contributed by atoms with Crippen LogP contribution >= 0.6 is 15.9 Å². The van der Waals surface area contributed by atoms with Crippen molar-refractivity contribution in [2.75, 3.05) is 26.7 Å². The smallest absolute Gasteiger partial charge is 0.170 e. The largest absolute Gasteiger partial charge is 0.313 e. The molecule has 0 radical (unpaired) electrons. The minimum atomic E-state index is 0.266. The second-order valence-electron chi connectivity index (χ2n) is 4.32. The zero-order valence-electron chi connectivity index (χ0n) is 9.60. The molecule has 0 spiro atoms. The van der Waals surface area contributed by atoms with Gasteiger partial charge < -0.3 is 5.32 Å². The van der Waals surface area contributed by atoms with Gasteiger partial charge in [-0.1, -0.05) is 0 Å². The van der Waals surface area contributed by atoms with Crippen LogP contribution in [-0.2, 0) is 0 Å². The van der Waals surface area contributed by atoms with Gasteiger partial charge in [0.05, 0.1) is 6.04 Å². The first kappa shape index (κ1) is 11.1. The summed E-state index contributed by atoms with van der Waals surface area (Å²) in [7, 11) is 2.12. The molecule has 3 rings (SSSR count). The Morgan fingerprint density at radius 3 is 3.18 bits per heavy atom. The fourth-order valence-corrected chi connectivity index (χ4v) is 2.44. The molecule has 1 fully saturated rings. The predicted molar refractivity (Wildman–Crippen MR) is 68.9 cm³/mol. The molecule has 2 aromatic heterocycles. The normalized spacial score (nSPS) is 22.1. The summed E-state index contributed by atoms with van der Waals surface area (Å²) in [6, 6.07) is 4.22. The maximum absolute atomic E-state index is 4.58. The Balaban J connectivity index is 1.99. The van der Waals surface area contributed by atoms with Crippen molar-refractivity contribution in [2.45, 2.75) is 6.04 Å². The number of nitrogens with zero attached hydrogens (tertiary/aromatic N) is 4. The lowest BCUT2D eigenvalue weighted by atomic mass is 10.2. The highest BCUT2D eigenvalue weighted by atomic mass is 79.9. The maximum atomic E-state index is 4.58. The van der Waals surface area contributed by atoms with Crippen LogP contribution in [-0.4, -0.2) is 46.2 Å². The van der Waals surface area contributed by atoms with Crippen LogP contribution in [0.25, 0.3) is 5.65 Å². The number of hydrogen-bond acceptors (Lipinski definition) is 4. The third-order valence-electron chi connectivity index (χ3n) is 3.12. The molecule has 0 aliphatic carbocycles. The number of halogens is 1. The van der Waals surface area contributed by atoms with Gasteiger partial charge in [-0.3, -0.25) is 4.90 Å². The van der Waals surface area contributed by atoms with Crippen molar-refractivity contribution in [3.63, 3.8) is 0 Å².